The minimum absolute atomic E-state index is 0.0172. The first kappa shape index (κ1) is 15.0. The Balaban J connectivity index is 2.24. The lowest BCUT2D eigenvalue weighted by molar-refractivity contribution is 0.189. The molecule has 1 fully saturated rings. The molecule has 0 bridgehead atoms. The number of benzene rings is 1. The number of β-amino-alcohol motifs (C(OH)–C–C–N with tert-alkyl or cyclic N) is 1. The number of hydrogen-bond acceptors (Lipinski definition) is 4. The van der Waals surface area contributed by atoms with Crippen molar-refractivity contribution in [1.82, 2.24) is 4.31 Å². The van der Waals surface area contributed by atoms with Gasteiger partial charge in [-0.2, -0.15) is 4.31 Å². The summed E-state index contributed by atoms with van der Waals surface area (Å²) in [6, 6.07) is 6.41. The fourth-order valence-corrected chi connectivity index (χ4v) is 3.57. The van der Waals surface area contributed by atoms with Gasteiger partial charge < -0.3 is 10.2 Å². The van der Waals surface area contributed by atoms with Crippen molar-refractivity contribution in [1.29, 1.82) is 0 Å². The topological polar surface area (TPSA) is 77.8 Å². The van der Waals surface area contributed by atoms with Gasteiger partial charge in [0.1, 0.15) is 0 Å². The average molecular weight is 295 g/mol. The first-order chi connectivity index (χ1) is 9.54. The summed E-state index contributed by atoms with van der Waals surface area (Å²) in [4.78, 5) is 0.183. The third-order valence-corrected chi connectivity index (χ3v) is 4.93. The molecule has 20 heavy (non-hydrogen) atoms. The lowest BCUT2D eigenvalue weighted by Crippen LogP contribution is -2.29. The zero-order chi connectivity index (χ0) is 14.6. The van der Waals surface area contributed by atoms with Crippen LogP contribution < -0.4 is 0 Å². The van der Waals surface area contributed by atoms with Gasteiger partial charge in [-0.05, 0) is 24.6 Å². The number of aliphatic hydroxyl groups is 2. The van der Waals surface area contributed by atoms with Gasteiger partial charge in [0, 0.05) is 25.1 Å². The molecule has 0 aromatic heterocycles. The zero-order valence-corrected chi connectivity index (χ0v) is 11.8. The predicted molar refractivity (Wildman–Crippen MR) is 74.4 cm³/mol. The van der Waals surface area contributed by atoms with Crippen molar-refractivity contribution in [3.05, 3.63) is 29.8 Å². The van der Waals surface area contributed by atoms with Gasteiger partial charge >= 0.3 is 0 Å². The molecule has 0 aliphatic carbocycles. The highest BCUT2D eigenvalue weighted by atomic mass is 32.2. The summed E-state index contributed by atoms with van der Waals surface area (Å²) < 4.78 is 26.1. The van der Waals surface area contributed by atoms with Crippen LogP contribution in [-0.2, 0) is 10.0 Å². The highest BCUT2D eigenvalue weighted by Crippen LogP contribution is 2.21. The van der Waals surface area contributed by atoms with Gasteiger partial charge in [0.05, 0.1) is 17.6 Å². The van der Waals surface area contributed by atoms with E-state index in [1.165, 1.54) is 16.4 Å². The second kappa shape index (κ2) is 6.37. The van der Waals surface area contributed by atoms with Crippen LogP contribution in [0.25, 0.3) is 0 Å². The van der Waals surface area contributed by atoms with E-state index in [-0.39, 0.29) is 18.0 Å². The van der Waals surface area contributed by atoms with Crippen LogP contribution in [0.4, 0.5) is 0 Å². The van der Waals surface area contributed by atoms with Crippen LogP contribution in [0.1, 0.15) is 18.4 Å². The maximum Gasteiger partial charge on any atom is 0.243 e. The van der Waals surface area contributed by atoms with Gasteiger partial charge in [-0.25, -0.2) is 8.42 Å². The minimum atomic E-state index is -3.57. The van der Waals surface area contributed by atoms with E-state index in [0.29, 0.717) is 24.9 Å². The van der Waals surface area contributed by atoms with Gasteiger partial charge in [-0.3, -0.25) is 0 Å². The highest BCUT2D eigenvalue weighted by Gasteiger charge is 2.31. The van der Waals surface area contributed by atoms with E-state index in [4.69, 9.17) is 5.11 Å². The molecule has 1 aliphatic heterocycles. The molecule has 0 amide bonds. The molecule has 5 nitrogen and oxygen atoms in total. The van der Waals surface area contributed by atoms with Crippen LogP contribution in [-0.4, -0.2) is 48.7 Å². The van der Waals surface area contributed by atoms with Crippen molar-refractivity contribution in [2.45, 2.75) is 23.8 Å². The Hall–Kier alpha value is -1.39. The maximum atomic E-state index is 12.4. The van der Waals surface area contributed by atoms with E-state index in [1.807, 2.05) is 0 Å². The zero-order valence-electron chi connectivity index (χ0n) is 11.0. The third-order valence-electron chi connectivity index (χ3n) is 3.07. The summed E-state index contributed by atoms with van der Waals surface area (Å²) in [5.74, 6) is 5.57. The molecule has 0 saturated carbocycles. The van der Waals surface area contributed by atoms with Crippen molar-refractivity contribution in [3.63, 3.8) is 0 Å². The van der Waals surface area contributed by atoms with Crippen LogP contribution in [0.15, 0.2) is 29.2 Å². The van der Waals surface area contributed by atoms with E-state index in [1.54, 1.807) is 12.1 Å². The molecule has 1 unspecified atom stereocenters. The summed E-state index contributed by atoms with van der Waals surface area (Å²) >= 11 is 0. The number of hydrogen-bond donors (Lipinski definition) is 2. The summed E-state index contributed by atoms with van der Waals surface area (Å²) in [6.07, 6.45) is 0.238. The molecule has 6 heteroatoms. The average Bonchev–Trinajstić information content (AvgIpc) is 2.87. The van der Waals surface area contributed by atoms with Crippen LogP contribution in [0.3, 0.4) is 0 Å². The Morgan fingerprint density at radius 3 is 2.85 bits per heavy atom. The van der Waals surface area contributed by atoms with Crippen molar-refractivity contribution < 1.29 is 18.6 Å². The smallest absolute Gasteiger partial charge is 0.243 e. The molecule has 1 aliphatic rings. The van der Waals surface area contributed by atoms with Gasteiger partial charge in [-0.15, -0.1) is 0 Å². The van der Waals surface area contributed by atoms with Crippen molar-refractivity contribution >= 4 is 10.0 Å². The predicted octanol–water partition coefficient (Wildman–Crippen LogP) is 0.176. The van der Waals surface area contributed by atoms with Gasteiger partial charge in [0.15, 0.2) is 0 Å². The first-order valence-electron chi connectivity index (χ1n) is 6.42. The molecule has 0 spiro atoms. The van der Waals surface area contributed by atoms with Crippen LogP contribution >= 0.6 is 0 Å². The summed E-state index contributed by atoms with van der Waals surface area (Å²) in [6.45, 7) is 0.462. The third kappa shape index (κ3) is 3.38. The van der Waals surface area contributed by atoms with E-state index in [2.05, 4.69) is 11.8 Å². The Labute approximate surface area is 118 Å². The molecule has 1 heterocycles. The maximum absolute atomic E-state index is 12.4. The molecule has 1 aromatic rings. The van der Waals surface area contributed by atoms with Crippen molar-refractivity contribution in [2.24, 2.45) is 0 Å². The van der Waals surface area contributed by atoms with Gasteiger partial charge in [-0.1, -0.05) is 17.9 Å². The van der Waals surface area contributed by atoms with Crippen LogP contribution in [0, 0.1) is 11.8 Å². The minimum Gasteiger partial charge on any atom is -0.395 e. The van der Waals surface area contributed by atoms with E-state index >= 15 is 0 Å². The van der Waals surface area contributed by atoms with Crippen molar-refractivity contribution in [3.8, 4) is 11.8 Å². The molecule has 2 rings (SSSR count). The normalized spacial score (nSPS) is 19.6. The molecule has 1 saturated heterocycles. The lowest BCUT2D eigenvalue weighted by Gasteiger charge is -2.15. The molecule has 2 N–H and O–H groups in total. The number of aliphatic hydroxyl groups excluding tert-OH is 2. The Kier molecular flexibility index (Phi) is 4.78. The molecular formula is C14H17NO4S. The Bertz CT molecular complexity index is 630. The Morgan fingerprint density at radius 2 is 2.20 bits per heavy atom. The molecule has 108 valence electrons. The monoisotopic (exact) mass is 295 g/mol. The summed E-state index contributed by atoms with van der Waals surface area (Å²) in [5.41, 5.74) is 0.597. The summed E-state index contributed by atoms with van der Waals surface area (Å²) in [7, 11) is -3.57. The van der Waals surface area contributed by atoms with Crippen molar-refractivity contribution in [2.75, 3.05) is 19.7 Å². The molecule has 1 atom stereocenters. The molecule has 0 radical (unpaired) electrons. The lowest BCUT2D eigenvalue weighted by atomic mass is 10.2. The quantitative estimate of drug-likeness (QED) is 0.780. The molecule has 1 aromatic carbocycles. The highest BCUT2D eigenvalue weighted by molar-refractivity contribution is 7.89. The largest absolute Gasteiger partial charge is 0.395 e. The van der Waals surface area contributed by atoms with Gasteiger partial charge in [0.2, 0.25) is 10.0 Å². The Morgan fingerprint density at radius 1 is 1.40 bits per heavy atom. The van der Waals surface area contributed by atoms with Crippen LogP contribution in [0.5, 0.6) is 0 Å². The standard InChI is InChI=1S/C14H17NO4S/c16-9-2-1-4-12-5-3-6-14(10-12)20(18,19)15-8-7-13(17)11-15/h3,5-6,10,13,16-17H,2,7-9,11H2. The number of sulfonamides is 1. The number of nitrogens with zero attached hydrogens (tertiary/aromatic N) is 1. The van der Waals surface area contributed by atoms with Crippen LogP contribution in [0.2, 0.25) is 0 Å². The second-order valence-electron chi connectivity index (χ2n) is 4.61. The second-order valence-corrected chi connectivity index (χ2v) is 6.55. The van der Waals surface area contributed by atoms with Gasteiger partial charge in [0.25, 0.3) is 0 Å². The summed E-state index contributed by atoms with van der Waals surface area (Å²) in [5, 5.41) is 18.1. The van der Waals surface area contributed by atoms with E-state index in [0.717, 1.165) is 0 Å². The first-order valence-corrected chi connectivity index (χ1v) is 7.86. The molecular weight excluding hydrogens is 278 g/mol. The number of rotatable bonds is 3. The van der Waals surface area contributed by atoms with E-state index < -0.39 is 16.1 Å². The fourth-order valence-electron chi connectivity index (χ4n) is 2.03. The van der Waals surface area contributed by atoms with E-state index in [9.17, 15) is 13.5 Å². The SMILES string of the molecule is O=S(=O)(c1cccc(C#CCCO)c1)N1CCC(O)C1. The fraction of sp³-hybridized carbons (Fsp3) is 0.429.